The van der Waals surface area contributed by atoms with E-state index in [9.17, 15) is 4.79 Å². The molecule has 1 fully saturated rings. The summed E-state index contributed by atoms with van der Waals surface area (Å²) in [7, 11) is 1.63. The third kappa shape index (κ3) is 3.69. The highest BCUT2D eigenvalue weighted by Gasteiger charge is 2.34. The molecule has 6 nitrogen and oxygen atoms in total. The second-order valence-electron chi connectivity index (χ2n) is 6.59. The molecule has 3 aromatic rings. The van der Waals surface area contributed by atoms with Crippen LogP contribution in [0.3, 0.4) is 0 Å². The van der Waals surface area contributed by atoms with Crippen LogP contribution in [0.25, 0.3) is 11.4 Å². The van der Waals surface area contributed by atoms with Crippen LogP contribution in [0.1, 0.15) is 30.3 Å². The average molecular weight is 363 g/mol. The second kappa shape index (κ2) is 7.61. The molecule has 1 aliphatic rings. The summed E-state index contributed by atoms with van der Waals surface area (Å²) in [6.45, 7) is 0.719. The lowest BCUT2D eigenvalue weighted by atomic mass is 10.1. The fraction of sp³-hybridized carbons (Fsp3) is 0.286. The predicted octanol–water partition coefficient (Wildman–Crippen LogP) is 3.65. The zero-order valence-electron chi connectivity index (χ0n) is 15.2. The number of nitrogens with zero attached hydrogens (tertiary/aromatic N) is 3. The molecule has 1 saturated heterocycles. The molecule has 1 atom stereocenters. The van der Waals surface area contributed by atoms with Crippen molar-refractivity contribution in [3.05, 3.63) is 66.1 Å². The standard InChI is InChI=1S/C21H21N3O3/c1-26-17-11-9-16(10-12-17)20-22-21(27-23-20)18-8-5-13-24(18)19(25)14-15-6-3-2-4-7-15/h2-4,6-7,9-12,18H,5,8,13-14H2,1H3/t18-/m0/s1. The first-order valence-corrected chi connectivity index (χ1v) is 9.06. The van der Waals surface area contributed by atoms with Gasteiger partial charge in [0.2, 0.25) is 17.6 Å². The number of rotatable bonds is 5. The van der Waals surface area contributed by atoms with Gasteiger partial charge in [0, 0.05) is 12.1 Å². The fourth-order valence-electron chi connectivity index (χ4n) is 3.42. The Morgan fingerprint density at radius 1 is 1.19 bits per heavy atom. The molecule has 0 spiro atoms. The van der Waals surface area contributed by atoms with Crippen molar-refractivity contribution in [3.63, 3.8) is 0 Å². The normalized spacial score (nSPS) is 16.5. The summed E-state index contributed by atoms with van der Waals surface area (Å²) in [4.78, 5) is 19.2. The molecule has 6 heteroatoms. The summed E-state index contributed by atoms with van der Waals surface area (Å²) >= 11 is 0. The van der Waals surface area contributed by atoms with Gasteiger partial charge in [-0.3, -0.25) is 4.79 Å². The Kier molecular flexibility index (Phi) is 4.87. The SMILES string of the molecule is COc1ccc(-c2noc([C@@H]3CCCN3C(=O)Cc3ccccc3)n2)cc1. The predicted molar refractivity (Wildman–Crippen MR) is 100 cm³/mol. The molecule has 0 saturated carbocycles. The minimum absolute atomic E-state index is 0.0906. The van der Waals surface area contributed by atoms with Crippen LogP contribution in [0.15, 0.2) is 59.1 Å². The van der Waals surface area contributed by atoms with Gasteiger partial charge < -0.3 is 14.2 Å². The second-order valence-corrected chi connectivity index (χ2v) is 6.59. The van der Waals surface area contributed by atoms with Crippen LogP contribution in [0, 0.1) is 0 Å². The van der Waals surface area contributed by atoms with Crippen molar-refractivity contribution in [1.29, 1.82) is 0 Å². The third-order valence-electron chi connectivity index (χ3n) is 4.85. The van der Waals surface area contributed by atoms with Gasteiger partial charge in [-0.15, -0.1) is 0 Å². The molecule has 0 aliphatic carbocycles. The number of benzene rings is 2. The Morgan fingerprint density at radius 3 is 2.70 bits per heavy atom. The summed E-state index contributed by atoms with van der Waals surface area (Å²) in [5.41, 5.74) is 1.86. The van der Waals surface area contributed by atoms with E-state index in [-0.39, 0.29) is 11.9 Å². The fourth-order valence-corrected chi connectivity index (χ4v) is 3.42. The average Bonchev–Trinajstić information content (AvgIpc) is 3.38. The van der Waals surface area contributed by atoms with Crippen molar-refractivity contribution < 1.29 is 14.1 Å². The zero-order chi connectivity index (χ0) is 18.6. The minimum Gasteiger partial charge on any atom is -0.497 e. The Balaban J connectivity index is 1.50. The van der Waals surface area contributed by atoms with Crippen molar-refractivity contribution in [1.82, 2.24) is 15.0 Å². The molecule has 27 heavy (non-hydrogen) atoms. The lowest BCUT2D eigenvalue weighted by Gasteiger charge is -2.21. The molecule has 1 aromatic heterocycles. The number of likely N-dealkylation sites (tertiary alicyclic amines) is 1. The maximum atomic E-state index is 12.8. The largest absolute Gasteiger partial charge is 0.497 e. The Hall–Kier alpha value is -3.15. The van der Waals surface area contributed by atoms with Gasteiger partial charge in [-0.1, -0.05) is 35.5 Å². The van der Waals surface area contributed by atoms with Gasteiger partial charge in [0.25, 0.3) is 0 Å². The van der Waals surface area contributed by atoms with Gasteiger partial charge in [-0.2, -0.15) is 4.98 Å². The number of hydrogen-bond donors (Lipinski definition) is 0. The number of amides is 1. The Bertz CT molecular complexity index is 906. The first-order valence-electron chi connectivity index (χ1n) is 9.06. The van der Waals surface area contributed by atoms with Gasteiger partial charge in [0.15, 0.2) is 0 Å². The van der Waals surface area contributed by atoms with Crippen molar-refractivity contribution in [3.8, 4) is 17.1 Å². The van der Waals surface area contributed by atoms with E-state index in [4.69, 9.17) is 9.26 Å². The maximum Gasteiger partial charge on any atom is 0.249 e. The molecule has 0 N–H and O–H groups in total. The van der Waals surface area contributed by atoms with Crippen LogP contribution < -0.4 is 4.74 Å². The lowest BCUT2D eigenvalue weighted by molar-refractivity contribution is -0.131. The van der Waals surface area contributed by atoms with Gasteiger partial charge >= 0.3 is 0 Å². The molecule has 138 valence electrons. The lowest BCUT2D eigenvalue weighted by Crippen LogP contribution is -2.32. The summed E-state index contributed by atoms with van der Waals surface area (Å²) in [6, 6.07) is 17.1. The number of methoxy groups -OCH3 is 1. The maximum absolute atomic E-state index is 12.8. The van der Waals surface area contributed by atoms with E-state index in [0.29, 0.717) is 18.1 Å². The summed E-state index contributed by atoms with van der Waals surface area (Å²) < 4.78 is 10.7. The summed E-state index contributed by atoms with van der Waals surface area (Å²) in [6.07, 6.45) is 2.16. The highest BCUT2D eigenvalue weighted by atomic mass is 16.5. The topological polar surface area (TPSA) is 68.5 Å². The van der Waals surface area contributed by atoms with E-state index in [2.05, 4.69) is 10.1 Å². The minimum atomic E-state index is -0.152. The smallest absolute Gasteiger partial charge is 0.249 e. The quantitative estimate of drug-likeness (QED) is 0.692. The summed E-state index contributed by atoms with van der Waals surface area (Å²) in [5.74, 6) is 1.89. The monoisotopic (exact) mass is 363 g/mol. The highest BCUT2D eigenvalue weighted by Crippen LogP contribution is 2.32. The number of aromatic nitrogens is 2. The van der Waals surface area contributed by atoms with Crippen LogP contribution >= 0.6 is 0 Å². The van der Waals surface area contributed by atoms with E-state index in [0.717, 1.165) is 36.3 Å². The number of carbonyl (C=O) groups excluding carboxylic acids is 1. The molecule has 2 heterocycles. The molecular weight excluding hydrogens is 342 g/mol. The van der Waals surface area contributed by atoms with Gasteiger partial charge in [0.1, 0.15) is 11.8 Å². The van der Waals surface area contributed by atoms with E-state index in [1.165, 1.54) is 0 Å². The van der Waals surface area contributed by atoms with Gasteiger partial charge in [-0.25, -0.2) is 0 Å². The third-order valence-corrected chi connectivity index (χ3v) is 4.85. The molecule has 1 aliphatic heterocycles. The van der Waals surface area contributed by atoms with Gasteiger partial charge in [-0.05, 0) is 42.7 Å². The molecule has 0 bridgehead atoms. The first-order chi connectivity index (χ1) is 13.2. The van der Waals surface area contributed by atoms with Crippen LogP contribution in [0.4, 0.5) is 0 Å². The Labute approximate surface area is 157 Å². The van der Waals surface area contributed by atoms with E-state index < -0.39 is 0 Å². The van der Waals surface area contributed by atoms with Crippen LogP contribution in [-0.4, -0.2) is 34.6 Å². The number of carbonyl (C=O) groups is 1. The number of ether oxygens (including phenoxy) is 1. The molecule has 0 radical (unpaired) electrons. The van der Waals surface area contributed by atoms with Crippen molar-refractivity contribution in [2.45, 2.75) is 25.3 Å². The molecule has 4 rings (SSSR count). The number of hydrogen-bond acceptors (Lipinski definition) is 5. The van der Waals surface area contributed by atoms with Crippen molar-refractivity contribution >= 4 is 5.91 Å². The van der Waals surface area contributed by atoms with E-state index in [1.807, 2.05) is 59.5 Å². The van der Waals surface area contributed by atoms with Gasteiger partial charge in [0.05, 0.1) is 13.5 Å². The molecule has 2 aromatic carbocycles. The van der Waals surface area contributed by atoms with Crippen LogP contribution in [0.2, 0.25) is 0 Å². The molecular formula is C21H21N3O3. The Morgan fingerprint density at radius 2 is 1.96 bits per heavy atom. The first kappa shape index (κ1) is 17.3. The molecule has 1 amide bonds. The van der Waals surface area contributed by atoms with E-state index >= 15 is 0 Å². The zero-order valence-corrected chi connectivity index (χ0v) is 15.2. The van der Waals surface area contributed by atoms with Crippen LogP contribution in [0.5, 0.6) is 5.75 Å². The van der Waals surface area contributed by atoms with Crippen LogP contribution in [-0.2, 0) is 11.2 Å². The molecule has 0 unspecified atom stereocenters. The van der Waals surface area contributed by atoms with Crippen molar-refractivity contribution in [2.75, 3.05) is 13.7 Å². The van der Waals surface area contributed by atoms with Crippen molar-refractivity contribution in [2.24, 2.45) is 0 Å². The van der Waals surface area contributed by atoms with E-state index in [1.54, 1.807) is 7.11 Å². The summed E-state index contributed by atoms with van der Waals surface area (Å²) in [5, 5.41) is 4.10. The highest BCUT2D eigenvalue weighted by molar-refractivity contribution is 5.79.